The molecule has 1 aromatic heterocycles. The van der Waals surface area contributed by atoms with Crippen molar-refractivity contribution in [3.63, 3.8) is 0 Å². The molecule has 0 radical (unpaired) electrons. The van der Waals surface area contributed by atoms with Crippen LogP contribution in [0, 0.1) is 19.8 Å². The topological polar surface area (TPSA) is 76.5 Å². The lowest BCUT2D eigenvalue weighted by atomic mass is 9.82. The fraction of sp³-hybridized carbons (Fsp3) is 0.370. The summed E-state index contributed by atoms with van der Waals surface area (Å²) in [6, 6.07) is 15.1. The summed E-state index contributed by atoms with van der Waals surface area (Å²) in [6.45, 7) is 5.31. The number of ether oxygens (including phenoxy) is 1. The number of para-hydroxylation sites is 1. The first-order valence-electron chi connectivity index (χ1n) is 11.8. The van der Waals surface area contributed by atoms with Crippen molar-refractivity contribution >= 4 is 17.5 Å². The summed E-state index contributed by atoms with van der Waals surface area (Å²) in [5.74, 6) is 0.253. The number of aryl methyl sites for hydroxylation is 3. The number of hydrogen-bond donors (Lipinski definition) is 1. The van der Waals surface area contributed by atoms with E-state index in [1.54, 1.807) is 12.0 Å². The molecule has 1 saturated heterocycles. The Morgan fingerprint density at radius 3 is 2.59 bits per heavy atom. The van der Waals surface area contributed by atoms with E-state index in [1.165, 1.54) is 0 Å². The van der Waals surface area contributed by atoms with Gasteiger partial charge in [0.15, 0.2) is 0 Å². The number of aromatic nitrogens is 2. The number of methoxy groups -OCH3 is 1. The second kappa shape index (κ2) is 10.5. The van der Waals surface area contributed by atoms with Crippen LogP contribution in [0.5, 0.6) is 5.75 Å². The first-order valence-corrected chi connectivity index (χ1v) is 11.8. The van der Waals surface area contributed by atoms with Crippen molar-refractivity contribution in [3.8, 4) is 5.75 Å². The number of piperidine rings is 1. The number of carbonyl (C=O) groups excluding carboxylic acids is 2. The standard InChI is InChI=1S/C27H32N4O3/c1-19-9-11-21(12-10-19)31-25(32)14-13-23(26(31)22-7-4-5-8-24(22)34-3)27(33)28-15-6-16-30-18-20(2)17-29-30/h4-5,7-12,17-18,23,26H,6,13-16H2,1-3H3,(H,28,33). The molecule has 7 heteroatoms. The van der Waals surface area contributed by atoms with Crippen LogP contribution in [-0.2, 0) is 16.1 Å². The van der Waals surface area contributed by atoms with E-state index in [-0.39, 0.29) is 17.7 Å². The van der Waals surface area contributed by atoms with E-state index < -0.39 is 6.04 Å². The lowest BCUT2D eigenvalue weighted by molar-refractivity contribution is -0.129. The minimum absolute atomic E-state index is 0.0119. The highest BCUT2D eigenvalue weighted by Crippen LogP contribution is 2.43. The van der Waals surface area contributed by atoms with Gasteiger partial charge in [0.2, 0.25) is 11.8 Å². The van der Waals surface area contributed by atoms with Crippen LogP contribution < -0.4 is 15.0 Å². The van der Waals surface area contributed by atoms with Crippen molar-refractivity contribution in [2.45, 2.75) is 45.7 Å². The van der Waals surface area contributed by atoms with Crippen LogP contribution in [-0.4, -0.2) is 35.2 Å². The van der Waals surface area contributed by atoms with Gasteiger partial charge in [0.25, 0.3) is 0 Å². The summed E-state index contributed by atoms with van der Waals surface area (Å²) in [7, 11) is 1.62. The zero-order valence-corrected chi connectivity index (χ0v) is 20.0. The summed E-state index contributed by atoms with van der Waals surface area (Å²) in [5, 5.41) is 7.40. The Labute approximate surface area is 200 Å². The molecule has 2 unspecified atom stereocenters. The Morgan fingerprint density at radius 1 is 1.12 bits per heavy atom. The molecular weight excluding hydrogens is 428 g/mol. The molecule has 34 heavy (non-hydrogen) atoms. The van der Waals surface area contributed by atoms with Gasteiger partial charge in [-0.1, -0.05) is 35.9 Å². The average Bonchev–Trinajstić information content (AvgIpc) is 3.27. The molecule has 0 bridgehead atoms. The number of anilines is 1. The van der Waals surface area contributed by atoms with Crippen molar-refractivity contribution in [2.24, 2.45) is 5.92 Å². The predicted molar refractivity (Wildman–Crippen MR) is 132 cm³/mol. The van der Waals surface area contributed by atoms with Gasteiger partial charge in [0, 0.05) is 37.0 Å². The molecule has 2 aromatic carbocycles. The largest absolute Gasteiger partial charge is 0.496 e. The van der Waals surface area contributed by atoms with Crippen LogP contribution in [0.25, 0.3) is 0 Å². The molecule has 4 rings (SSSR count). The van der Waals surface area contributed by atoms with Crippen LogP contribution in [0.4, 0.5) is 5.69 Å². The Morgan fingerprint density at radius 2 is 1.88 bits per heavy atom. The van der Waals surface area contributed by atoms with Gasteiger partial charge in [0.05, 0.1) is 25.3 Å². The van der Waals surface area contributed by atoms with Crippen LogP contribution >= 0.6 is 0 Å². The van der Waals surface area contributed by atoms with E-state index in [1.807, 2.05) is 79.5 Å². The Balaban J connectivity index is 1.58. The van der Waals surface area contributed by atoms with Crippen molar-refractivity contribution in [1.82, 2.24) is 15.1 Å². The highest BCUT2D eigenvalue weighted by molar-refractivity contribution is 5.97. The number of nitrogens with one attached hydrogen (secondary N) is 1. The van der Waals surface area contributed by atoms with Gasteiger partial charge in [0.1, 0.15) is 5.75 Å². The number of carbonyl (C=O) groups is 2. The number of rotatable bonds is 8. The van der Waals surface area contributed by atoms with Gasteiger partial charge in [-0.05, 0) is 50.5 Å². The van der Waals surface area contributed by atoms with E-state index in [2.05, 4.69) is 10.4 Å². The molecule has 2 atom stereocenters. The lowest BCUT2D eigenvalue weighted by Crippen LogP contribution is -2.48. The Bertz CT molecular complexity index is 1140. The van der Waals surface area contributed by atoms with Crippen LogP contribution in [0.3, 0.4) is 0 Å². The third-order valence-corrected chi connectivity index (χ3v) is 6.33. The average molecular weight is 461 g/mol. The van der Waals surface area contributed by atoms with Crippen molar-refractivity contribution in [1.29, 1.82) is 0 Å². The molecule has 0 spiro atoms. The molecule has 2 amide bonds. The molecule has 0 aliphatic carbocycles. The lowest BCUT2D eigenvalue weighted by Gasteiger charge is -2.41. The van der Waals surface area contributed by atoms with E-state index in [0.717, 1.165) is 35.3 Å². The van der Waals surface area contributed by atoms with E-state index in [9.17, 15) is 9.59 Å². The molecule has 178 valence electrons. The smallest absolute Gasteiger partial charge is 0.227 e. The predicted octanol–water partition coefficient (Wildman–Crippen LogP) is 4.20. The maximum absolute atomic E-state index is 13.4. The van der Waals surface area contributed by atoms with Gasteiger partial charge < -0.3 is 15.0 Å². The molecule has 1 fully saturated rings. The van der Waals surface area contributed by atoms with Crippen molar-refractivity contribution in [3.05, 3.63) is 77.6 Å². The Kier molecular flexibility index (Phi) is 7.30. The number of amides is 2. The minimum atomic E-state index is -0.450. The zero-order valence-electron chi connectivity index (χ0n) is 20.0. The quantitative estimate of drug-likeness (QED) is 0.511. The molecule has 1 aliphatic heterocycles. The molecule has 7 nitrogen and oxygen atoms in total. The number of benzene rings is 2. The van der Waals surface area contributed by atoms with Crippen LogP contribution in [0.2, 0.25) is 0 Å². The highest BCUT2D eigenvalue weighted by atomic mass is 16.5. The number of hydrogen-bond acceptors (Lipinski definition) is 4. The van der Waals surface area contributed by atoms with Gasteiger partial charge in [-0.2, -0.15) is 5.10 Å². The van der Waals surface area contributed by atoms with Crippen molar-refractivity contribution in [2.75, 3.05) is 18.6 Å². The third-order valence-electron chi connectivity index (χ3n) is 6.33. The molecule has 3 aromatic rings. The van der Waals surface area contributed by atoms with Gasteiger partial charge in [-0.3, -0.25) is 14.3 Å². The van der Waals surface area contributed by atoms with Crippen LogP contribution in [0.15, 0.2) is 60.9 Å². The van der Waals surface area contributed by atoms with Crippen LogP contribution in [0.1, 0.15) is 42.0 Å². The summed E-state index contributed by atoms with van der Waals surface area (Å²) in [6.07, 6.45) is 5.42. The number of nitrogens with zero attached hydrogens (tertiary/aromatic N) is 3. The van der Waals surface area contributed by atoms with Gasteiger partial charge in [-0.25, -0.2) is 0 Å². The molecule has 1 N–H and O–H groups in total. The fourth-order valence-electron chi connectivity index (χ4n) is 4.62. The highest BCUT2D eigenvalue weighted by Gasteiger charge is 2.42. The summed E-state index contributed by atoms with van der Waals surface area (Å²) >= 11 is 0. The summed E-state index contributed by atoms with van der Waals surface area (Å²) < 4.78 is 7.52. The van der Waals surface area contributed by atoms with E-state index in [4.69, 9.17) is 4.74 Å². The maximum atomic E-state index is 13.4. The zero-order chi connectivity index (χ0) is 24.1. The van der Waals surface area contributed by atoms with Gasteiger partial charge in [-0.15, -0.1) is 0 Å². The molecule has 2 heterocycles. The monoisotopic (exact) mass is 460 g/mol. The maximum Gasteiger partial charge on any atom is 0.227 e. The summed E-state index contributed by atoms with van der Waals surface area (Å²) in [4.78, 5) is 28.4. The van der Waals surface area contributed by atoms with E-state index in [0.29, 0.717) is 25.1 Å². The Hall–Kier alpha value is -3.61. The first kappa shape index (κ1) is 23.5. The van der Waals surface area contributed by atoms with Gasteiger partial charge >= 0.3 is 0 Å². The fourth-order valence-corrected chi connectivity index (χ4v) is 4.62. The first-order chi connectivity index (χ1) is 16.5. The molecule has 0 saturated carbocycles. The second-order valence-electron chi connectivity index (χ2n) is 8.86. The second-order valence-corrected chi connectivity index (χ2v) is 8.86. The molecular formula is C27H32N4O3. The van der Waals surface area contributed by atoms with E-state index >= 15 is 0 Å². The molecule has 1 aliphatic rings. The third kappa shape index (κ3) is 5.14. The minimum Gasteiger partial charge on any atom is -0.496 e. The normalized spacial score (nSPS) is 18.1. The van der Waals surface area contributed by atoms with Crippen molar-refractivity contribution < 1.29 is 14.3 Å². The summed E-state index contributed by atoms with van der Waals surface area (Å²) in [5.41, 5.74) is 3.86. The SMILES string of the molecule is COc1ccccc1C1C(C(=O)NCCCn2cc(C)cn2)CCC(=O)N1c1ccc(C)cc1.